The number of hydrogen-bond donors (Lipinski definition) is 0. The van der Waals surface area contributed by atoms with E-state index in [4.69, 9.17) is 0 Å². The number of benzene rings is 1. The number of hydrogen-bond acceptors (Lipinski definition) is 0. The minimum atomic E-state index is -4.48. The first-order chi connectivity index (χ1) is 5.84. The summed E-state index contributed by atoms with van der Waals surface area (Å²) in [5, 5.41) is 0. The van der Waals surface area contributed by atoms with Gasteiger partial charge in [-0.1, -0.05) is 0 Å². The second kappa shape index (κ2) is 3.43. The number of halogens is 5. The van der Waals surface area contributed by atoms with E-state index < -0.39 is 17.6 Å². The summed E-state index contributed by atoms with van der Waals surface area (Å²) >= 11 is 1.65. The Kier molecular flexibility index (Phi) is 2.84. The summed E-state index contributed by atoms with van der Waals surface area (Å²) in [5.41, 5.74) is -1.26. The standard InChI is InChI=1S/C8H5F4I/c1-4-5(8(10,11)12)2-3-6(13)7(4)9/h2-3H,1H3. The van der Waals surface area contributed by atoms with Gasteiger partial charge < -0.3 is 0 Å². The largest absolute Gasteiger partial charge is 0.416 e. The fourth-order valence-electron chi connectivity index (χ4n) is 0.959. The Hall–Kier alpha value is -0.330. The average Bonchev–Trinajstić information content (AvgIpc) is 1.98. The summed E-state index contributed by atoms with van der Waals surface area (Å²) in [7, 11) is 0. The Bertz CT molecular complexity index is 330. The summed E-state index contributed by atoms with van der Waals surface area (Å²) in [6.45, 7) is 1.13. The van der Waals surface area contributed by atoms with E-state index >= 15 is 0 Å². The lowest BCUT2D eigenvalue weighted by molar-refractivity contribution is -0.138. The fraction of sp³-hybridized carbons (Fsp3) is 0.250. The molecule has 0 aliphatic carbocycles. The quantitative estimate of drug-likeness (QED) is 0.506. The van der Waals surface area contributed by atoms with Crippen LogP contribution in [0.4, 0.5) is 17.6 Å². The molecule has 0 nitrogen and oxygen atoms in total. The molecule has 1 aromatic carbocycles. The average molecular weight is 304 g/mol. The molecule has 0 amide bonds. The van der Waals surface area contributed by atoms with E-state index in [1.165, 1.54) is 0 Å². The van der Waals surface area contributed by atoms with Crippen LogP contribution in [0.1, 0.15) is 11.1 Å². The predicted octanol–water partition coefficient (Wildman–Crippen LogP) is 3.76. The number of rotatable bonds is 0. The smallest absolute Gasteiger partial charge is 0.206 e. The molecule has 0 spiro atoms. The molecule has 1 aromatic rings. The van der Waals surface area contributed by atoms with Crippen LogP contribution in [0.25, 0.3) is 0 Å². The minimum absolute atomic E-state index is 0.197. The van der Waals surface area contributed by atoms with E-state index in [2.05, 4.69) is 0 Å². The Morgan fingerprint density at radius 3 is 2.23 bits per heavy atom. The van der Waals surface area contributed by atoms with Crippen molar-refractivity contribution in [2.45, 2.75) is 13.1 Å². The Morgan fingerprint density at radius 2 is 1.77 bits per heavy atom. The molecule has 0 unspecified atom stereocenters. The van der Waals surface area contributed by atoms with Crippen molar-refractivity contribution in [3.05, 3.63) is 32.6 Å². The van der Waals surface area contributed by atoms with Crippen LogP contribution in [0.15, 0.2) is 12.1 Å². The zero-order valence-corrected chi connectivity index (χ0v) is 8.70. The summed E-state index contributed by atoms with van der Waals surface area (Å²) in [5.74, 6) is -0.796. The van der Waals surface area contributed by atoms with Crippen molar-refractivity contribution in [1.29, 1.82) is 0 Å². The molecular formula is C8H5F4I. The van der Waals surface area contributed by atoms with Gasteiger partial charge in [0.25, 0.3) is 0 Å². The Morgan fingerprint density at radius 1 is 1.23 bits per heavy atom. The second-order valence-corrected chi connectivity index (χ2v) is 3.69. The van der Waals surface area contributed by atoms with Gasteiger partial charge in [-0.15, -0.1) is 0 Å². The molecule has 0 radical (unpaired) electrons. The van der Waals surface area contributed by atoms with E-state index in [1.807, 2.05) is 0 Å². The van der Waals surface area contributed by atoms with Crippen molar-refractivity contribution < 1.29 is 17.6 Å². The van der Waals surface area contributed by atoms with Crippen LogP contribution in [-0.4, -0.2) is 0 Å². The minimum Gasteiger partial charge on any atom is -0.206 e. The summed E-state index contributed by atoms with van der Waals surface area (Å²) in [4.78, 5) is 0. The molecule has 0 heterocycles. The lowest BCUT2D eigenvalue weighted by Crippen LogP contribution is -2.09. The molecule has 13 heavy (non-hydrogen) atoms. The monoisotopic (exact) mass is 304 g/mol. The summed E-state index contributed by atoms with van der Waals surface area (Å²) < 4.78 is 49.8. The first-order valence-electron chi connectivity index (χ1n) is 3.36. The fourth-order valence-corrected chi connectivity index (χ4v) is 1.54. The van der Waals surface area contributed by atoms with Gasteiger partial charge in [0.15, 0.2) is 0 Å². The molecule has 0 aliphatic heterocycles. The molecule has 0 saturated heterocycles. The maximum Gasteiger partial charge on any atom is 0.416 e. The normalized spacial score (nSPS) is 11.8. The third-order valence-electron chi connectivity index (χ3n) is 1.64. The molecule has 0 aromatic heterocycles. The lowest BCUT2D eigenvalue weighted by atomic mass is 10.1. The zero-order valence-electron chi connectivity index (χ0n) is 6.54. The summed E-state index contributed by atoms with van der Waals surface area (Å²) in [6.07, 6.45) is -4.48. The molecular weight excluding hydrogens is 299 g/mol. The van der Waals surface area contributed by atoms with Crippen molar-refractivity contribution >= 4 is 22.6 Å². The van der Waals surface area contributed by atoms with Gasteiger partial charge in [0.1, 0.15) is 5.82 Å². The van der Waals surface area contributed by atoms with E-state index in [-0.39, 0.29) is 9.13 Å². The van der Waals surface area contributed by atoms with Crippen LogP contribution < -0.4 is 0 Å². The van der Waals surface area contributed by atoms with Crippen LogP contribution >= 0.6 is 22.6 Å². The van der Waals surface area contributed by atoms with Gasteiger partial charge in [-0.2, -0.15) is 13.2 Å². The van der Waals surface area contributed by atoms with Gasteiger partial charge in [0.2, 0.25) is 0 Å². The van der Waals surface area contributed by atoms with Gasteiger partial charge in [0, 0.05) is 3.57 Å². The number of alkyl halides is 3. The van der Waals surface area contributed by atoms with E-state index in [0.717, 1.165) is 19.1 Å². The van der Waals surface area contributed by atoms with Gasteiger partial charge in [-0.25, -0.2) is 4.39 Å². The highest BCUT2D eigenvalue weighted by molar-refractivity contribution is 14.1. The maximum absolute atomic E-state index is 13.0. The third-order valence-corrected chi connectivity index (χ3v) is 2.48. The molecule has 0 aliphatic rings. The SMILES string of the molecule is Cc1c(C(F)(F)F)ccc(I)c1F. The Labute approximate surface area is 86.1 Å². The van der Waals surface area contributed by atoms with Crippen LogP contribution in [0.2, 0.25) is 0 Å². The van der Waals surface area contributed by atoms with Crippen molar-refractivity contribution in [2.24, 2.45) is 0 Å². The van der Waals surface area contributed by atoms with Crippen LogP contribution in [0.3, 0.4) is 0 Å². The molecule has 0 fully saturated rings. The molecule has 1 rings (SSSR count). The summed E-state index contributed by atoms with van der Waals surface area (Å²) in [6, 6.07) is 2.01. The topological polar surface area (TPSA) is 0 Å². The maximum atomic E-state index is 13.0. The highest BCUT2D eigenvalue weighted by atomic mass is 127. The van der Waals surface area contributed by atoms with E-state index in [9.17, 15) is 17.6 Å². The van der Waals surface area contributed by atoms with Gasteiger partial charge in [0.05, 0.1) is 5.56 Å². The predicted molar refractivity (Wildman–Crippen MR) is 48.9 cm³/mol. The molecule has 5 heteroatoms. The third kappa shape index (κ3) is 2.12. The van der Waals surface area contributed by atoms with E-state index in [0.29, 0.717) is 0 Å². The van der Waals surface area contributed by atoms with Crippen molar-refractivity contribution in [3.8, 4) is 0 Å². The second-order valence-electron chi connectivity index (χ2n) is 2.53. The molecule has 0 bridgehead atoms. The van der Waals surface area contributed by atoms with Crippen LogP contribution in [-0.2, 0) is 6.18 Å². The lowest BCUT2D eigenvalue weighted by Gasteiger charge is -2.10. The van der Waals surface area contributed by atoms with Crippen molar-refractivity contribution in [2.75, 3.05) is 0 Å². The van der Waals surface area contributed by atoms with Crippen molar-refractivity contribution in [3.63, 3.8) is 0 Å². The van der Waals surface area contributed by atoms with Crippen LogP contribution in [0, 0.1) is 16.3 Å². The molecule has 72 valence electrons. The Balaban J connectivity index is 3.35. The highest BCUT2D eigenvalue weighted by Crippen LogP contribution is 2.33. The molecule has 0 saturated carbocycles. The molecule has 0 atom stereocenters. The van der Waals surface area contributed by atoms with Crippen molar-refractivity contribution in [1.82, 2.24) is 0 Å². The first-order valence-corrected chi connectivity index (χ1v) is 4.43. The van der Waals surface area contributed by atoms with E-state index in [1.54, 1.807) is 22.6 Å². The van der Waals surface area contributed by atoms with Gasteiger partial charge >= 0.3 is 6.18 Å². The molecule has 0 N–H and O–H groups in total. The van der Waals surface area contributed by atoms with Crippen LogP contribution in [0.5, 0.6) is 0 Å². The van der Waals surface area contributed by atoms with Gasteiger partial charge in [-0.3, -0.25) is 0 Å². The van der Waals surface area contributed by atoms with Gasteiger partial charge in [-0.05, 0) is 47.2 Å². The zero-order chi connectivity index (χ0) is 10.2. The highest BCUT2D eigenvalue weighted by Gasteiger charge is 2.33. The first kappa shape index (κ1) is 10.7.